The van der Waals surface area contributed by atoms with Crippen molar-refractivity contribution in [1.82, 2.24) is 10.2 Å². The van der Waals surface area contributed by atoms with Gasteiger partial charge in [0.05, 0.1) is 0 Å². The Labute approximate surface area is 107 Å². The number of hydrogen-bond donors (Lipinski definition) is 1. The first kappa shape index (κ1) is 12.9. The molecule has 1 fully saturated rings. The van der Waals surface area contributed by atoms with Crippen LogP contribution in [0.25, 0.3) is 0 Å². The zero-order valence-electron chi connectivity index (χ0n) is 10.7. The molecule has 4 heteroatoms. The summed E-state index contributed by atoms with van der Waals surface area (Å²) in [4.78, 5) is 13.6. The normalized spacial score (nSPS) is 14.3. The van der Waals surface area contributed by atoms with Crippen molar-refractivity contribution < 1.29 is 9.18 Å². The van der Waals surface area contributed by atoms with Gasteiger partial charge in [0, 0.05) is 19.6 Å². The molecule has 0 saturated heterocycles. The largest absolute Gasteiger partial charge is 0.338 e. The van der Waals surface area contributed by atoms with Crippen LogP contribution in [-0.4, -0.2) is 24.0 Å². The Morgan fingerprint density at radius 2 is 2.28 bits per heavy atom. The third kappa shape index (κ3) is 3.72. The lowest BCUT2D eigenvalue weighted by Gasteiger charge is -2.21. The second kappa shape index (κ2) is 5.85. The molecule has 1 aromatic carbocycles. The first-order chi connectivity index (χ1) is 8.69. The Morgan fingerprint density at radius 3 is 2.89 bits per heavy atom. The molecule has 3 nitrogen and oxygen atoms in total. The fourth-order valence-electron chi connectivity index (χ4n) is 1.85. The van der Waals surface area contributed by atoms with Crippen LogP contribution in [0.2, 0.25) is 0 Å². The molecule has 1 saturated carbocycles. The van der Waals surface area contributed by atoms with Crippen LogP contribution in [0.15, 0.2) is 24.3 Å². The topological polar surface area (TPSA) is 32.3 Å². The van der Waals surface area contributed by atoms with Gasteiger partial charge in [-0.3, -0.25) is 0 Å². The van der Waals surface area contributed by atoms with Gasteiger partial charge < -0.3 is 10.2 Å². The van der Waals surface area contributed by atoms with Crippen LogP contribution in [0.3, 0.4) is 0 Å². The summed E-state index contributed by atoms with van der Waals surface area (Å²) in [5.74, 6) is 0.406. The monoisotopic (exact) mass is 250 g/mol. The minimum atomic E-state index is -0.262. The highest BCUT2D eigenvalue weighted by Gasteiger charge is 2.22. The van der Waals surface area contributed by atoms with Gasteiger partial charge in [-0.25, -0.2) is 9.18 Å². The average Bonchev–Trinajstić information content (AvgIpc) is 3.17. The van der Waals surface area contributed by atoms with Gasteiger partial charge in [0.25, 0.3) is 0 Å². The van der Waals surface area contributed by atoms with Crippen molar-refractivity contribution in [2.24, 2.45) is 5.92 Å². The van der Waals surface area contributed by atoms with Crippen molar-refractivity contribution in [2.75, 3.05) is 13.1 Å². The standard InChI is InChI=1S/C14H19FN2O/c1-2-17(14(18)16-9-11-6-7-11)10-12-4-3-5-13(15)8-12/h3-5,8,11H,2,6-7,9-10H2,1H3,(H,16,18). The van der Waals surface area contributed by atoms with Crippen LogP contribution >= 0.6 is 0 Å². The molecule has 0 aliphatic heterocycles. The SMILES string of the molecule is CCN(Cc1cccc(F)c1)C(=O)NCC1CC1. The quantitative estimate of drug-likeness (QED) is 0.856. The van der Waals surface area contributed by atoms with Crippen molar-refractivity contribution in [3.8, 4) is 0 Å². The molecule has 0 bridgehead atoms. The van der Waals surface area contributed by atoms with Crippen molar-refractivity contribution in [1.29, 1.82) is 0 Å². The van der Waals surface area contributed by atoms with Gasteiger partial charge in [-0.1, -0.05) is 12.1 Å². The molecule has 0 aromatic heterocycles. The summed E-state index contributed by atoms with van der Waals surface area (Å²) >= 11 is 0. The fourth-order valence-corrected chi connectivity index (χ4v) is 1.85. The van der Waals surface area contributed by atoms with E-state index in [1.165, 1.54) is 25.0 Å². The van der Waals surface area contributed by atoms with E-state index in [1.54, 1.807) is 11.0 Å². The molecule has 0 radical (unpaired) electrons. The van der Waals surface area contributed by atoms with Gasteiger partial charge in [-0.15, -0.1) is 0 Å². The maximum absolute atomic E-state index is 13.1. The molecule has 1 aliphatic rings. The van der Waals surface area contributed by atoms with Crippen LogP contribution < -0.4 is 5.32 Å². The molecule has 1 aromatic rings. The zero-order chi connectivity index (χ0) is 13.0. The number of amides is 2. The van der Waals surface area contributed by atoms with E-state index in [0.717, 1.165) is 12.1 Å². The van der Waals surface area contributed by atoms with Gasteiger partial charge in [0.1, 0.15) is 5.82 Å². The third-order valence-corrected chi connectivity index (χ3v) is 3.17. The van der Waals surface area contributed by atoms with Crippen molar-refractivity contribution >= 4 is 6.03 Å². The maximum Gasteiger partial charge on any atom is 0.317 e. The Hall–Kier alpha value is -1.58. The molecule has 1 aliphatic carbocycles. The van der Waals surface area contributed by atoms with Crippen LogP contribution in [0.4, 0.5) is 9.18 Å². The maximum atomic E-state index is 13.1. The third-order valence-electron chi connectivity index (χ3n) is 3.17. The lowest BCUT2D eigenvalue weighted by atomic mass is 10.2. The van der Waals surface area contributed by atoms with E-state index in [1.807, 2.05) is 13.0 Å². The van der Waals surface area contributed by atoms with Crippen molar-refractivity contribution in [2.45, 2.75) is 26.3 Å². The molecule has 1 N–H and O–H groups in total. The highest BCUT2D eigenvalue weighted by Crippen LogP contribution is 2.27. The summed E-state index contributed by atoms with van der Waals surface area (Å²) in [6, 6.07) is 6.32. The van der Waals surface area contributed by atoms with Gasteiger partial charge >= 0.3 is 6.03 Å². The van der Waals surface area contributed by atoms with E-state index >= 15 is 0 Å². The summed E-state index contributed by atoms with van der Waals surface area (Å²) in [7, 11) is 0. The number of nitrogens with one attached hydrogen (secondary N) is 1. The van der Waals surface area contributed by atoms with E-state index in [2.05, 4.69) is 5.32 Å². The Kier molecular flexibility index (Phi) is 4.18. The lowest BCUT2D eigenvalue weighted by molar-refractivity contribution is 0.197. The van der Waals surface area contributed by atoms with Crippen molar-refractivity contribution in [3.05, 3.63) is 35.6 Å². The number of halogens is 1. The zero-order valence-corrected chi connectivity index (χ0v) is 10.7. The molecule has 0 atom stereocenters. The summed E-state index contributed by atoms with van der Waals surface area (Å²) in [5.41, 5.74) is 0.818. The minimum absolute atomic E-state index is 0.0614. The molecular formula is C14H19FN2O. The predicted molar refractivity (Wildman–Crippen MR) is 68.6 cm³/mol. The van der Waals surface area contributed by atoms with E-state index in [4.69, 9.17) is 0 Å². The van der Waals surface area contributed by atoms with Gasteiger partial charge in [0.15, 0.2) is 0 Å². The fraction of sp³-hybridized carbons (Fsp3) is 0.500. The number of carbonyl (C=O) groups is 1. The number of benzene rings is 1. The highest BCUT2D eigenvalue weighted by atomic mass is 19.1. The smallest absolute Gasteiger partial charge is 0.317 e. The molecule has 18 heavy (non-hydrogen) atoms. The van der Waals surface area contributed by atoms with Crippen LogP contribution in [0.1, 0.15) is 25.3 Å². The van der Waals surface area contributed by atoms with Crippen LogP contribution in [0.5, 0.6) is 0 Å². The lowest BCUT2D eigenvalue weighted by Crippen LogP contribution is -2.40. The first-order valence-electron chi connectivity index (χ1n) is 6.46. The molecule has 2 amide bonds. The summed E-state index contributed by atoms with van der Waals surface area (Å²) in [5, 5.41) is 2.92. The van der Waals surface area contributed by atoms with Gasteiger partial charge in [0.2, 0.25) is 0 Å². The average molecular weight is 250 g/mol. The summed E-state index contributed by atoms with van der Waals surface area (Å²) < 4.78 is 13.1. The number of rotatable bonds is 5. The van der Waals surface area contributed by atoms with Gasteiger partial charge in [-0.05, 0) is 43.4 Å². The van der Waals surface area contributed by atoms with Crippen LogP contribution in [-0.2, 0) is 6.54 Å². The second-order valence-electron chi connectivity index (χ2n) is 4.77. The van der Waals surface area contributed by atoms with E-state index in [9.17, 15) is 9.18 Å². The van der Waals surface area contributed by atoms with E-state index in [-0.39, 0.29) is 11.8 Å². The number of urea groups is 1. The Bertz CT molecular complexity index is 418. The Balaban J connectivity index is 1.88. The summed E-state index contributed by atoms with van der Waals surface area (Å²) in [6.07, 6.45) is 2.44. The summed E-state index contributed by atoms with van der Waals surface area (Å²) in [6.45, 7) is 3.76. The second-order valence-corrected chi connectivity index (χ2v) is 4.77. The Morgan fingerprint density at radius 1 is 1.50 bits per heavy atom. The highest BCUT2D eigenvalue weighted by molar-refractivity contribution is 5.74. The van der Waals surface area contributed by atoms with Crippen LogP contribution in [0, 0.1) is 11.7 Å². The number of hydrogen-bond acceptors (Lipinski definition) is 1. The molecule has 0 unspecified atom stereocenters. The molecule has 98 valence electrons. The minimum Gasteiger partial charge on any atom is -0.338 e. The first-order valence-corrected chi connectivity index (χ1v) is 6.46. The number of nitrogens with zero attached hydrogens (tertiary/aromatic N) is 1. The van der Waals surface area contributed by atoms with Gasteiger partial charge in [-0.2, -0.15) is 0 Å². The molecule has 2 rings (SSSR count). The van der Waals surface area contributed by atoms with Crippen molar-refractivity contribution in [3.63, 3.8) is 0 Å². The molecule has 0 heterocycles. The number of carbonyl (C=O) groups excluding carboxylic acids is 1. The molecular weight excluding hydrogens is 231 g/mol. The van der Waals surface area contributed by atoms with E-state index in [0.29, 0.717) is 19.0 Å². The predicted octanol–water partition coefficient (Wildman–Crippen LogP) is 2.77. The van der Waals surface area contributed by atoms with E-state index < -0.39 is 0 Å². The molecule has 0 spiro atoms.